The lowest BCUT2D eigenvalue weighted by molar-refractivity contribution is 0.0954. The number of benzene rings is 1. The van der Waals surface area contributed by atoms with Crippen molar-refractivity contribution in [2.45, 2.75) is 13.5 Å². The number of halogens is 1. The van der Waals surface area contributed by atoms with E-state index in [2.05, 4.69) is 15.3 Å². The van der Waals surface area contributed by atoms with Crippen LogP contribution in [0.25, 0.3) is 0 Å². The summed E-state index contributed by atoms with van der Waals surface area (Å²) in [5.74, 6) is 0.380. The highest BCUT2D eigenvalue weighted by molar-refractivity contribution is 7.11. The van der Waals surface area contributed by atoms with Crippen LogP contribution >= 0.6 is 11.3 Å². The number of aryl methyl sites for hydroxylation is 1. The molecule has 2 heterocycles. The van der Waals surface area contributed by atoms with Gasteiger partial charge in [0.15, 0.2) is 0 Å². The molecule has 3 rings (SSSR count). The number of nitrogens with zero attached hydrogens (tertiary/aromatic N) is 2. The van der Waals surface area contributed by atoms with E-state index in [4.69, 9.17) is 4.74 Å². The predicted octanol–water partition coefficient (Wildman–Crippen LogP) is 3.71. The summed E-state index contributed by atoms with van der Waals surface area (Å²) >= 11 is 1.31. The summed E-state index contributed by atoms with van der Waals surface area (Å²) in [6.45, 7) is 2.14. The summed E-state index contributed by atoms with van der Waals surface area (Å²) in [6.07, 6.45) is 1.60. The summed E-state index contributed by atoms with van der Waals surface area (Å²) in [6, 6.07) is 9.20. The molecular formula is C17H14FN3O2S. The molecule has 3 aromatic rings. The Bertz CT molecular complexity index is 849. The zero-order valence-corrected chi connectivity index (χ0v) is 13.6. The largest absolute Gasteiger partial charge is 0.439 e. The molecule has 0 unspecified atom stereocenters. The maximum atomic E-state index is 12.9. The van der Waals surface area contributed by atoms with Gasteiger partial charge in [0.2, 0.25) is 5.88 Å². The molecule has 0 fully saturated rings. The van der Waals surface area contributed by atoms with Gasteiger partial charge in [-0.15, -0.1) is 11.3 Å². The smallest absolute Gasteiger partial charge is 0.263 e. The van der Waals surface area contributed by atoms with Crippen LogP contribution in [-0.2, 0) is 6.54 Å². The molecule has 122 valence electrons. The molecule has 0 saturated heterocycles. The number of amides is 1. The number of carbonyl (C=O) groups excluding carboxylic acids is 1. The third-order valence-corrected chi connectivity index (χ3v) is 4.17. The highest BCUT2D eigenvalue weighted by Gasteiger charge is 2.11. The molecule has 24 heavy (non-hydrogen) atoms. The van der Waals surface area contributed by atoms with E-state index < -0.39 is 0 Å². The van der Waals surface area contributed by atoms with Crippen LogP contribution < -0.4 is 10.1 Å². The van der Waals surface area contributed by atoms with Gasteiger partial charge in [-0.3, -0.25) is 4.79 Å². The van der Waals surface area contributed by atoms with Crippen LogP contribution in [0.2, 0.25) is 0 Å². The van der Waals surface area contributed by atoms with Crippen LogP contribution in [0.5, 0.6) is 11.6 Å². The van der Waals surface area contributed by atoms with Crippen LogP contribution in [0.4, 0.5) is 4.39 Å². The van der Waals surface area contributed by atoms with Crippen LogP contribution in [0.3, 0.4) is 0 Å². The Labute approximate surface area is 142 Å². The van der Waals surface area contributed by atoms with Crippen molar-refractivity contribution >= 4 is 17.2 Å². The third-order valence-electron chi connectivity index (χ3n) is 3.24. The maximum absolute atomic E-state index is 12.9. The van der Waals surface area contributed by atoms with Crippen molar-refractivity contribution in [2.24, 2.45) is 0 Å². The molecule has 1 aromatic carbocycles. The second-order valence-electron chi connectivity index (χ2n) is 5.01. The molecule has 0 bridgehead atoms. The predicted molar refractivity (Wildman–Crippen MR) is 88.7 cm³/mol. The fourth-order valence-electron chi connectivity index (χ4n) is 2.02. The number of rotatable bonds is 5. The summed E-state index contributed by atoms with van der Waals surface area (Å²) in [5, 5.41) is 2.84. The molecule has 0 aliphatic heterocycles. The second kappa shape index (κ2) is 7.18. The van der Waals surface area contributed by atoms with Crippen molar-refractivity contribution in [3.8, 4) is 11.6 Å². The Morgan fingerprint density at radius 1 is 1.25 bits per heavy atom. The Morgan fingerprint density at radius 2 is 2.04 bits per heavy atom. The van der Waals surface area contributed by atoms with Gasteiger partial charge in [-0.1, -0.05) is 0 Å². The average molecular weight is 343 g/mol. The normalized spacial score (nSPS) is 10.4. The Balaban J connectivity index is 1.64. The molecule has 0 aliphatic rings. The SMILES string of the molecule is Cc1ncsc1C(=O)NCc1ccnc(Oc2ccc(F)cc2)c1. The van der Waals surface area contributed by atoms with E-state index in [-0.39, 0.29) is 11.7 Å². The molecule has 1 N–H and O–H groups in total. The highest BCUT2D eigenvalue weighted by atomic mass is 32.1. The van der Waals surface area contributed by atoms with Crippen molar-refractivity contribution in [3.05, 3.63) is 70.1 Å². The summed E-state index contributed by atoms with van der Waals surface area (Å²) < 4.78 is 18.5. The third kappa shape index (κ3) is 3.94. The van der Waals surface area contributed by atoms with E-state index in [1.807, 2.05) is 0 Å². The van der Waals surface area contributed by atoms with Gasteiger partial charge in [0, 0.05) is 18.8 Å². The number of pyridine rings is 1. The monoisotopic (exact) mass is 343 g/mol. The van der Waals surface area contributed by atoms with Crippen LogP contribution in [0.15, 0.2) is 48.1 Å². The number of ether oxygens (including phenoxy) is 1. The Hall–Kier alpha value is -2.80. The second-order valence-corrected chi connectivity index (χ2v) is 5.86. The Morgan fingerprint density at radius 3 is 2.75 bits per heavy atom. The number of hydrogen-bond acceptors (Lipinski definition) is 5. The minimum atomic E-state index is -0.329. The van der Waals surface area contributed by atoms with Crippen LogP contribution in [0.1, 0.15) is 20.9 Å². The minimum Gasteiger partial charge on any atom is -0.439 e. The summed E-state index contributed by atoms with van der Waals surface area (Å²) in [4.78, 5) is 20.9. The zero-order chi connectivity index (χ0) is 16.9. The number of nitrogens with one attached hydrogen (secondary N) is 1. The molecule has 0 atom stereocenters. The first-order valence-corrected chi connectivity index (χ1v) is 8.06. The minimum absolute atomic E-state index is 0.159. The molecule has 0 spiro atoms. The zero-order valence-electron chi connectivity index (χ0n) is 12.8. The van der Waals surface area contributed by atoms with E-state index in [1.54, 1.807) is 30.8 Å². The van der Waals surface area contributed by atoms with E-state index in [1.165, 1.54) is 35.6 Å². The van der Waals surface area contributed by atoms with Crippen molar-refractivity contribution in [2.75, 3.05) is 0 Å². The number of carbonyl (C=O) groups is 1. The van der Waals surface area contributed by atoms with Gasteiger partial charge in [-0.25, -0.2) is 14.4 Å². The van der Waals surface area contributed by atoms with Crippen molar-refractivity contribution < 1.29 is 13.9 Å². The highest BCUT2D eigenvalue weighted by Crippen LogP contribution is 2.20. The lowest BCUT2D eigenvalue weighted by atomic mass is 10.2. The molecule has 7 heteroatoms. The van der Waals surface area contributed by atoms with Gasteiger partial charge in [0.25, 0.3) is 5.91 Å². The van der Waals surface area contributed by atoms with E-state index in [9.17, 15) is 9.18 Å². The van der Waals surface area contributed by atoms with E-state index >= 15 is 0 Å². The van der Waals surface area contributed by atoms with Gasteiger partial charge in [-0.2, -0.15) is 0 Å². The fourth-order valence-corrected chi connectivity index (χ4v) is 2.74. The molecule has 0 saturated carbocycles. The van der Waals surface area contributed by atoms with E-state index in [0.29, 0.717) is 28.7 Å². The summed E-state index contributed by atoms with van der Waals surface area (Å²) in [5.41, 5.74) is 3.20. The van der Waals surface area contributed by atoms with Gasteiger partial charge >= 0.3 is 0 Å². The summed E-state index contributed by atoms with van der Waals surface area (Å²) in [7, 11) is 0. The average Bonchev–Trinajstić information content (AvgIpc) is 3.01. The van der Waals surface area contributed by atoms with Gasteiger partial charge in [-0.05, 0) is 42.8 Å². The lowest BCUT2D eigenvalue weighted by Crippen LogP contribution is -2.22. The van der Waals surface area contributed by atoms with Gasteiger partial charge < -0.3 is 10.1 Å². The molecular weight excluding hydrogens is 329 g/mol. The topological polar surface area (TPSA) is 64.1 Å². The van der Waals surface area contributed by atoms with Gasteiger partial charge in [0.1, 0.15) is 16.4 Å². The fraction of sp³-hybridized carbons (Fsp3) is 0.118. The number of hydrogen-bond donors (Lipinski definition) is 1. The first kappa shape index (κ1) is 16.1. The molecule has 2 aromatic heterocycles. The van der Waals surface area contributed by atoms with Crippen molar-refractivity contribution in [3.63, 3.8) is 0 Å². The van der Waals surface area contributed by atoms with Gasteiger partial charge in [0.05, 0.1) is 11.2 Å². The first-order chi connectivity index (χ1) is 11.6. The van der Waals surface area contributed by atoms with E-state index in [0.717, 1.165) is 5.56 Å². The molecule has 0 radical (unpaired) electrons. The number of thiazole rings is 1. The maximum Gasteiger partial charge on any atom is 0.263 e. The quantitative estimate of drug-likeness (QED) is 0.767. The standard InChI is InChI=1S/C17H14FN3O2S/c1-11-16(24-10-21-11)17(22)20-9-12-6-7-19-15(8-12)23-14-4-2-13(18)3-5-14/h2-8,10H,9H2,1H3,(H,20,22). The molecule has 5 nitrogen and oxygen atoms in total. The van der Waals surface area contributed by atoms with Crippen molar-refractivity contribution in [1.29, 1.82) is 0 Å². The van der Waals surface area contributed by atoms with Crippen molar-refractivity contribution in [1.82, 2.24) is 15.3 Å². The first-order valence-electron chi connectivity index (χ1n) is 7.18. The molecule has 0 aliphatic carbocycles. The lowest BCUT2D eigenvalue weighted by Gasteiger charge is -2.08. The number of aromatic nitrogens is 2. The Kier molecular flexibility index (Phi) is 4.81. The molecule has 1 amide bonds. The van der Waals surface area contributed by atoms with Crippen LogP contribution in [0, 0.1) is 12.7 Å². The van der Waals surface area contributed by atoms with Crippen LogP contribution in [-0.4, -0.2) is 15.9 Å².